The first kappa shape index (κ1) is 11.6. The molecule has 1 heterocycles. The van der Waals surface area contributed by atoms with E-state index in [0.29, 0.717) is 12.1 Å². The molecule has 1 saturated heterocycles. The molecule has 1 aliphatic heterocycles. The fourth-order valence-electron chi connectivity index (χ4n) is 2.50. The molecule has 1 aromatic carbocycles. The SMILES string of the molecule is Cc1ccccc1[C@H](C)NC1CCNCC1. The molecule has 0 saturated carbocycles. The number of hydrogen-bond acceptors (Lipinski definition) is 2. The van der Waals surface area contributed by atoms with Gasteiger partial charge in [-0.25, -0.2) is 0 Å². The Morgan fingerprint density at radius 2 is 1.94 bits per heavy atom. The van der Waals surface area contributed by atoms with E-state index in [1.807, 2.05) is 0 Å². The summed E-state index contributed by atoms with van der Waals surface area (Å²) in [5, 5.41) is 7.14. The van der Waals surface area contributed by atoms with Crippen LogP contribution in [0.2, 0.25) is 0 Å². The normalized spacial score (nSPS) is 19.6. The van der Waals surface area contributed by atoms with Crippen molar-refractivity contribution in [1.82, 2.24) is 10.6 Å². The summed E-state index contributed by atoms with van der Waals surface area (Å²) in [6.07, 6.45) is 2.49. The van der Waals surface area contributed by atoms with Crippen LogP contribution in [-0.4, -0.2) is 19.1 Å². The van der Waals surface area contributed by atoms with Crippen molar-refractivity contribution < 1.29 is 0 Å². The molecule has 2 N–H and O–H groups in total. The maximum atomic E-state index is 3.74. The first-order valence-corrected chi connectivity index (χ1v) is 6.29. The number of aryl methyl sites for hydroxylation is 1. The Bertz CT molecular complexity index is 329. The highest BCUT2D eigenvalue weighted by Gasteiger charge is 2.16. The molecule has 2 heteroatoms. The van der Waals surface area contributed by atoms with E-state index in [4.69, 9.17) is 0 Å². The van der Waals surface area contributed by atoms with Crippen LogP contribution in [0.3, 0.4) is 0 Å². The van der Waals surface area contributed by atoms with Crippen LogP contribution in [0.15, 0.2) is 24.3 Å². The second kappa shape index (κ2) is 5.46. The average Bonchev–Trinajstić information content (AvgIpc) is 2.31. The minimum absolute atomic E-state index is 0.462. The largest absolute Gasteiger partial charge is 0.317 e. The highest BCUT2D eigenvalue weighted by Crippen LogP contribution is 2.18. The standard InChI is InChI=1S/C14H22N2/c1-11-5-3-4-6-14(11)12(2)16-13-7-9-15-10-8-13/h3-6,12-13,15-16H,7-10H2,1-2H3/t12-/m0/s1. The predicted octanol–water partition coefficient (Wildman–Crippen LogP) is 2.40. The molecule has 0 radical (unpaired) electrons. The van der Waals surface area contributed by atoms with Crippen LogP contribution in [0, 0.1) is 6.92 Å². The van der Waals surface area contributed by atoms with Gasteiger partial charge in [0.25, 0.3) is 0 Å². The molecule has 0 aliphatic carbocycles. The lowest BCUT2D eigenvalue weighted by atomic mass is 9.99. The molecular formula is C14H22N2. The molecule has 2 rings (SSSR count). The van der Waals surface area contributed by atoms with E-state index in [-0.39, 0.29) is 0 Å². The topological polar surface area (TPSA) is 24.1 Å². The van der Waals surface area contributed by atoms with Gasteiger partial charge in [-0.05, 0) is 50.9 Å². The van der Waals surface area contributed by atoms with Gasteiger partial charge in [-0.15, -0.1) is 0 Å². The van der Waals surface area contributed by atoms with Crippen LogP contribution in [0.4, 0.5) is 0 Å². The lowest BCUT2D eigenvalue weighted by Gasteiger charge is -2.28. The summed E-state index contributed by atoms with van der Waals surface area (Å²) in [4.78, 5) is 0. The quantitative estimate of drug-likeness (QED) is 0.814. The third-order valence-electron chi connectivity index (χ3n) is 3.48. The molecule has 1 atom stereocenters. The van der Waals surface area contributed by atoms with Crippen molar-refractivity contribution in [2.75, 3.05) is 13.1 Å². The van der Waals surface area contributed by atoms with Crippen molar-refractivity contribution in [2.45, 2.75) is 38.8 Å². The zero-order valence-electron chi connectivity index (χ0n) is 10.3. The van der Waals surface area contributed by atoms with Crippen molar-refractivity contribution in [3.63, 3.8) is 0 Å². The second-order valence-corrected chi connectivity index (χ2v) is 4.77. The zero-order valence-corrected chi connectivity index (χ0v) is 10.3. The molecule has 1 fully saturated rings. The van der Waals surface area contributed by atoms with E-state index in [1.165, 1.54) is 24.0 Å². The van der Waals surface area contributed by atoms with Gasteiger partial charge in [-0.3, -0.25) is 0 Å². The van der Waals surface area contributed by atoms with Gasteiger partial charge in [0.2, 0.25) is 0 Å². The molecule has 0 bridgehead atoms. The van der Waals surface area contributed by atoms with Gasteiger partial charge in [0.15, 0.2) is 0 Å². The molecule has 0 unspecified atom stereocenters. The van der Waals surface area contributed by atoms with Gasteiger partial charge < -0.3 is 10.6 Å². The first-order valence-electron chi connectivity index (χ1n) is 6.29. The fraction of sp³-hybridized carbons (Fsp3) is 0.571. The van der Waals surface area contributed by atoms with E-state index in [0.717, 1.165) is 13.1 Å². The van der Waals surface area contributed by atoms with E-state index >= 15 is 0 Å². The van der Waals surface area contributed by atoms with Crippen LogP contribution >= 0.6 is 0 Å². The highest BCUT2D eigenvalue weighted by molar-refractivity contribution is 5.28. The third kappa shape index (κ3) is 2.83. The Balaban J connectivity index is 1.96. The molecule has 16 heavy (non-hydrogen) atoms. The Kier molecular flexibility index (Phi) is 3.97. The zero-order chi connectivity index (χ0) is 11.4. The molecular weight excluding hydrogens is 196 g/mol. The van der Waals surface area contributed by atoms with Gasteiger partial charge in [-0.1, -0.05) is 24.3 Å². The van der Waals surface area contributed by atoms with Crippen molar-refractivity contribution in [3.8, 4) is 0 Å². The Morgan fingerprint density at radius 1 is 1.25 bits per heavy atom. The molecule has 0 amide bonds. The summed E-state index contributed by atoms with van der Waals surface area (Å²) in [5.41, 5.74) is 2.82. The smallest absolute Gasteiger partial charge is 0.0296 e. The third-order valence-corrected chi connectivity index (χ3v) is 3.48. The van der Waals surface area contributed by atoms with Crippen molar-refractivity contribution in [3.05, 3.63) is 35.4 Å². The van der Waals surface area contributed by atoms with Gasteiger partial charge >= 0.3 is 0 Å². The van der Waals surface area contributed by atoms with E-state index < -0.39 is 0 Å². The number of rotatable bonds is 3. The molecule has 88 valence electrons. The number of benzene rings is 1. The highest BCUT2D eigenvalue weighted by atomic mass is 15.0. The van der Waals surface area contributed by atoms with Crippen molar-refractivity contribution >= 4 is 0 Å². The Labute approximate surface area is 98.4 Å². The molecule has 1 aliphatic rings. The lowest BCUT2D eigenvalue weighted by Crippen LogP contribution is -2.41. The summed E-state index contributed by atoms with van der Waals surface area (Å²) < 4.78 is 0. The van der Waals surface area contributed by atoms with Crippen molar-refractivity contribution in [1.29, 1.82) is 0 Å². The first-order chi connectivity index (χ1) is 7.77. The summed E-state index contributed by atoms with van der Waals surface area (Å²) in [6.45, 7) is 6.76. The average molecular weight is 218 g/mol. The van der Waals surface area contributed by atoms with Crippen molar-refractivity contribution in [2.24, 2.45) is 0 Å². The minimum Gasteiger partial charge on any atom is -0.317 e. The monoisotopic (exact) mass is 218 g/mol. The van der Waals surface area contributed by atoms with Gasteiger partial charge in [-0.2, -0.15) is 0 Å². The maximum Gasteiger partial charge on any atom is 0.0296 e. The van der Waals surface area contributed by atoms with Gasteiger partial charge in [0, 0.05) is 12.1 Å². The Morgan fingerprint density at radius 3 is 2.62 bits per heavy atom. The van der Waals surface area contributed by atoms with E-state index in [1.54, 1.807) is 0 Å². The van der Waals surface area contributed by atoms with Crippen LogP contribution in [0.5, 0.6) is 0 Å². The molecule has 0 spiro atoms. The number of nitrogens with one attached hydrogen (secondary N) is 2. The van der Waals surface area contributed by atoms with E-state index in [9.17, 15) is 0 Å². The summed E-state index contributed by atoms with van der Waals surface area (Å²) >= 11 is 0. The summed E-state index contributed by atoms with van der Waals surface area (Å²) in [6, 6.07) is 9.79. The summed E-state index contributed by atoms with van der Waals surface area (Å²) in [5.74, 6) is 0. The van der Waals surface area contributed by atoms with Crippen LogP contribution < -0.4 is 10.6 Å². The molecule has 2 nitrogen and oxygen atoms in total. The predicted molar refractivity (Wildman–Crippen MR) is 68.6 cm³/mol. The van der Waals surface area contributed by atoms with E-state index in [2.05, 4.69) is 48.7 Å². The number of hydrogen-bond donors (Lipinski definition) is 2. The second-order valence-electron chi connectivity index (χ2n) is 4.77. The molecule has 0 aromatic heterocycles. The van der Waals surface area contributed by atoms with Crippen LogP contribution in [0.25, 0.3) is 0 Å². The Hall–Kier alpha value is -0.860. The molecule has 1 aromatic rings. The minimum atomic E-state index is 0.462. The fourth-order valence-corrected chi connectivity index (χ4v) is 2.50. The van der Waals surface area contributed by atoms with Gasteiger partial charge in [0.1, 0.15) is 0 Å². The summed E-state index contributed by atoms with van der Waals surface area (Å²) in [7, 11) is 0. The number of piperidine rings is 1. The van der Waals surface area contributed by atoms with Crippen LogP contribution in [0.1, 0.15) is 36.9 Å². The maximum absolute atomic E-state index is 3.74. The lowest BCUT2D eigenvalue weighted by molar-refractivity contribution is 0.359. The van der Waals surface area contributed by atoms with Crippen LogP contribution in [-0.2, 0) is 0 Å². The van der Waals surface area contributed by atoms with Gasteiger partial charge in [0.05, 0.1) is 0 Å².